The SMILES string of the molecule is CCS(=O)(=O)N1C2CCC(C2)[C@H]1COc1cccc(C(F)(F)F)c1. The lowest BCUT2D eigenvalue weighted by Gasteiger charge is -2.33. The Morgan fingerprint density at radius 2 is 2.04 bits per heavy atom. The highest BCUT2D eigenvalue weighted by atomic mass is 32.2. The van der Waals surface area contributed by atoms with E-state index < -0.39 is 21.8 Å². The zero-order valence-electron chi connectivity index (χ0n) is 13.3. The van der Waals surface area contributed by atoms with E-state index in [0.29, 0.717) is 0 Å². The molecule has 2 bridgehead atoms. The van der Waals surface area contributed by atoms with Crippen LogP contribution in [0, 0.1) is 5.92 Å². The second-order valence-corrected chi connectivity index (χ2v) is 8.52. The van der Waals surface area contributed by atoms with Crippen molar-refractivity contribution in [1.29, 1.82) is 0 Å². The Balaban J connectivity index is 1.74. The van der Waals surface area contributed by atoms with Gasteiger partial charge in [0.1, 0.15) is 12.4 Å². The number of alkyl halides is 3. The minimum Gasteiger partial charge on any atom is -0.492 e. The summed E-state index contributed by atoms with van der Waals surface area (Å²) >= 11 is 0. The average molecular weight is 363 g/mol. The molecule has 1 aliphatic heterocycles. The summed E-state index contributed by atoms with van der Waals surface area (Å²) in [4.78, 5) is 0. The van der Waals surface area contributed by atoms with Crippen LogP contribution in [0.5, 0.6) is 5.75 Å². The molecule has 0 amide bonds. The molecule has 1 saturated heterocycles. The van der Waals surface area contributed by atoms with Crippen LogP contribution >= 0.6 is 0 Å². The average Bonchev–Trinajstić information content (AvgIpc) is 3.13. The summed E-state index contributed by atoms with van der Waals surface area (Å²) in [6.45, 7) is 1.69. The second kappa shape index (κ2) is 6.22. The minimum absolute atomic E-state index is 0.00931. The number of halogens is 3. The molecule has 1 saturated carbocycles. The molecule has 8 heteroatoms. The zero-order chi connectivity index (χ0) is 17.5. The van der Waals surface area contributed by atoms with Crippen molar-refractivity contribution in [2.45, 2.75) is 44.4 Å². The third-order valence-electron chi connectivity index (χ3n) is 4.94. The summed E-state index contributed by atoms with van der Waals surface area (Å²) in [7, 11) is -3.34. The van der Waals surface area contributed by atoms with Crippen molar-refractivity contribution in [3.8, 4) is 5.75 Å². The molecule has 0 radical (unpaired) electrons. The van der Waals surface area contributed by atoms with Crippen molar-refractivity contribution in [3.05, 3.63) is 29.8 Å². The summed E-state index contributed by atoms with van der Waals surface area (Å²) in [5, 5.41) is 0. The van der Waals surface area contributed by atoms with Crippen LogP contribution in [0.1, 0.15) is 31.7 Å². The molecule has 1 aromatic rings. The Bertz CT molecular complexity index is 705. The number of ether oxygens (including phenoxy) is 1. The Kier molecular flexibility index (Phi) is 4.55. The first-order chi connectivity index (χ1) is 11.2. The zero-order valence-corrected chi connectivity index (χ0v) is 14.1. The fourth-order valence-corrected chi connectivity index (χ4v) is 5.38. The van der Waals surface area contributed by atoms with Gasteiger partial charge in [0.05, 0.1) is 17.4 Å². The molecule has 1 heterocycles. The van der Waals surface area contributed by atoms with Crippen LogP contribution in [0.4, 0.5) is 13.2 Å². The van der Waals surface area contributed by atoms with Crippen LogP contribution < -0.4 is 4.74 Å². The summed E-state index contributed by atoms with van der Waals surface area (Å²) in [6, 6.07) is 4.41. The van der Waals surface area contributed by atoms with Gasteiger partial charge in [-0.25, -0.2) is 8.42 Å². The molecule has 1 aliphatic carbocycles. The van der Waals surface area contributed by atoms with E-state index in [9.17, 15) is 21.6 Å². The van der Waals surface area contributed by atoms with Crippen LogP contribution in [-0.4, -0.2) is 37.2 Å². The molecule has 24 heavy (non-hydrogen) atoms. The van der Waals surface area contributed by atoms with Crippen molar-refractivity contribution in [2.24, 2.45) is 5.92 Å². The van der Waals surface area contributed by atoms with Crippen molar-refractivity contribution >= 4 is 10.0 Å². The Morgan fingerprint density at radius 3 is 2.71 bits per heavy atom. The summed E-state index contributed by atoms with van der Waals surface area (Å²) in [5.74, 6) is 0.361. The first-order valence-electron chi connectivity index (χ1n) is 8.03. The lowest BCUT2D eigenvalue weighted by atomic mass is 10.0. The summed E-state index contributed by atoms with van der Waals surface area (Å²) in [6.07, 6.45) is -1.82. The molecule has 4 nitrogen and oxygen atoms in total. The number of nitrogens with zero attached hydrogens (tertiary/aromatic N) is 1. The van der Waals surface area contributed by atoms with Gasteiger partial charge in [-0.3, -0.25) is 0 Å². The summed E-state index contributed by atoms with van der Waals surface area (Å²) < 4.78 is 70.0. The number of fused-ring (bicyclic) bond motifs is 2. The lowest BCUT2D eigenvalue weighted by Crippen LogP contribution is -2.48. The maximum Gasteiger partial charge on any atom is 0.416 e. The highest BCUT2D eigenvalue weighted by molar-refractivity contribution is 7.89. The first kappa shape index (κ1) is 17.5. The van der Waals surface area contributed by atoms with Crippen LogP contribution in [-0.2, 0) is 16.2 Å². The van der Waals surface area contributed by atoms with Crippen LogP contribution in [0.15, 0.2) is 24.3 Å². The van der Waals surface area contributed by atoms with Gasteiger partial charge >= 0.3 is 6.18 Å². The number of hydrogen-bond acceptors (Lipinski definition) is 3. The predicted octanol–water partition coefficient (Wildman–Crippen LogP) is 3.29. The van der Waals surface area contributed by atoms with Crippen LogP contribution in [0.3, 0.4) is 0 Å². The number of hydrogen-bond donors (Lipinski definition) is 0. The quantitative estimate of drug-likeness (QED) is 0.807. The van der Waals surface area contributed by atoms with Crippen LogP contribution in [0.2, 0.25) is 0 Å². The van der Waals surface area contributed by atoms with Gasteiger partial charge in [0.25, 0.3) is 0 Å². The number of piperidine rings is 1. The van der Waals surface area contributed by atoms with E-state index in [1.807, 2.05) is 0 Å². The Labute approximate surface area is 139 Å². The third kappa shape index (κ3) is 3.26. The smallest absolute Gasteiger partial charge is 0.416 e. The normalized spacial score (nSPS) is 27.6. The largest absolute Gasteiger partial charge is 0.492 e. The summed E-state index contributed by atoms with van der Waals surface area (Å²) in [5.41, 5.74) is -0.772. The highest BCUT2D eigenvalue weighted by Crippen LogP contribution is 2.44. The standard InChI is InChI=1S/C16H20F3NO3S/c1-2-24(21,22)20-13-7-6-11(8-13)15(20)10-23-14-5-3-4-12(9-14)16(17,18)19/h3-5,9,11,13,15H,2,6-8,10H2,1H3/t11?,13?,15-/m1/s1. The molecule has 2 unspecified atom stereocenters. The van der Waals surface area contributed by atoms with Gasteiger partial charge in [-0.2, -0.15) is 17.5 Å². The van der Waals surface area contributed by atoms with Crippen molar-refractivity contribution in [3.63, 3.8) is 0 Å². The van der Waals surface area contributed by atoms with Gasteiger partial charge in [0.15, 0.2) is 0 Å². The van der Waals surface area contributed by atoms with E-state index in [1.54, 1.807) is 6.92 Å². The van der Waals surface area contributed by atoms with Gasteiger partial charge in [-0.1, -0.05) is 6.07 Å². The molecule has 1 aromatic carbocycles. The molecule has 0 spiro atoms. The molecule has 134 valence electrons. The van der Waals surface area contributed by atoms with E-state index in [2.05, 4.69) is 0 Å². The predicted molar refractivity (Wildman–Crippen MR) is 83.2 cm³/mol. The molecule has 0 N–H and O–H groups in total. The van der Waals surface area contributed by atoms with Crippen molar-refractivity contribution in [1.82, 2.24) is 4.31 Å². The maximum absolute atomic E-state index is 12.8. The topological polar surface area (TPSA) is 46.6 Å². The van der Waals surface area contributed by atoms with E-state index in [4.69, 9.17) is 4.74 Å². The molecular formula is C16H20F3NO3S. The third-order valence-corrected chi connectivity index (χ3v) is 6.89. The van der Waals surface area contributed by atoms with Gasteiger partial charge in [0.2, 0.25) is 10.0 Å². The number of sulfonamides is 1. The Morgan fingerprint density at radius 1 is 1.29 bits per heavy atom. The van der Waals surface area contributed by atoms with Crippen molar-refractivity contribution < 1.29 is 26.3 Å². The molecule has 3 atom stereocenters. The first-order valence-corrected chi connectivity index (χ1v) is 9.64. The van der Waals surface area contributed by atoms with E-state index in [1.165, 1.54) is 16.4 Å². The second-order valence-electron chi connectivity index (χ2n) is 6.36. The molecule has 2 fully saturated rings. The fraction of sp³-hybridized carbons (Fsp3) is 0.625. The number of rotatable bonds is 5. The van der Waals surface area contributed by atoms with E-state index >= 15 is 0 Å². The monoisotopic (exact) mass is 363 g/mol. The Hall–Kier alpha value is -1.28. The van der Waals surface area contributed by atoms with Crippen LogP contribution in [0.25, 0.3) is 0 Å². The number of benzene rings is 1. The van der Waals surface area contributed by atoms with Gasteiger partial charge in [-0.15, -0.1) is 0 Å². The molecule has 2 aliphatic rings. The minimum atomic E-state index is -4.43. The fourth-order valence-electron chi connectivity index (χ4n) is 3.79. The molecule has 0 aromatic heterocycles. The maximum atomic E-state index is 12.8. The molecular weight excluding hydrogens is 343 g/mol. The van der Waals surface area contributed by atoms with Gasteiger partial charge in [0, 0.05) is 6.04 Å². The lowest BCUT2D eigenvalue weighted by molar-refractivity contribution is -0.137. The van der Waals surface area contributed by atoms with E-state index in [0.717, 1.165) is 31.4 Å². The highest BCUT2D eigenvalue weighted by Gasteiger charge is 2.50. The van der Waals surface area contributed by atoms with Crippen molar-refractivity contribution in [2.75, 3.05) is 12.4 Å². The van der Waals surface area contributed by atoms with E-state index in [-0.39, 0.29) is 36.1 Å². The van der Waals surface area contributed by atoms with Gasteiger partial charge in [-0.05, 0) is 50.3 Å². The van der Waals surface area contributed by atoms with Gasteiger partial charge < -0.3 is 4.74 Å². The molecule has 3 rings (SSSR count).